The molecule has 0 atom stereocenters. The number of aliphatic carboxylic acids is 3. The van der Waals surface area contributed by atoms with Gasteiger partial charge in [0.05, 0.1) is 18.1 Å². The van der Waals surface area contributed by atoms with Crippen molar-refractivity contribution in [2.75, 3.05) is 31.1 Å². The van der Waals surface area contributed by atoms with E-state index in [1.54, 1.807) is 4.68 Å². The summed E-state index contributed by atoms with van der Waals surface area (Å²) in [4.78, 5) is 45.0. The van der Waals surface area contributed by atoms with Crippen LogP contribution in [-0.2, 0) is 28.0 Å². The molecule has 5 rings (SSSR count). The monoisotopic (exact) mass is 716 g/mol. The van der Waals surface area contributed by atoms with Gasteiger partial charge < -0.3 is 20.2 Å². The molecule has 0 saturated carbocycles. The van der Waals surface area contributed by atoms with Crippen LogP contribution in [0.3, 0.4) is 0 Å². The first kappa shape index (κ1) is 39.7. The van der Waals surface area contributed by atoms with Gasteiger partial charge in [-0.05, 0) is 11.6 Å². The van der Waals surface area contributed by atoms with E-state index in [1.807, 2.05) is 56.5 Å². The van der Waals surface area contributed by atoms with Gasteiger partial charge in [0.1, 0.15) is 0 Å². The van der Waals surface area contributed by atoms with Gasteiger partial charge in [-0.3, -0.25) is 19.0 Å². The van der Waals surface area contributed by atoms with Crippen LogP contribution < -0.4 is 4.90 Å². The van der Waals surface area contributed by atoms with Gasteiger partial charge in [0.2, 0.25) is 0 Å². The standard InChI is InChI=1S/C20H22N8.3C2HF3O2/c1-25-15-17(12-24-25)18-13-23-20-19(22-5-6-28(18)20)27-9-7-26(8-10-27)14-16-3-2-4-21-11-16;3*3-2(4,5)1(6)7/h2-6,11-13,15H,7-10,14H2,1H3;3*(H,6,7). The van der Waals surface area contributed by atoms with Crippen LogP contribution >= 0.6 is 0 Å². The van der Waals surface area contributed by atoms with E-state index in [9.17, 15) is 39.5 Å². The van der Waals surface area contributed by atoms with Crippen molar-refractivity contribution in [3.8, 4) is 11.3 Å². The highest BCUT2D eigenvalue weighted by molar-refractivity contribution is 5.74. The van der Waals surface area contributed by atoms with Crippen molar-refractivity contribution in [3.63, 3.8) is 0 Å². The first-order chi connectivity index (χ1) is 22.6. The molecule has 49 heavy (non-hydrogen) atoms. The number of halogens is 9. The first-order valence-electron chi connectivity index (χ1n) is 13.2. The van der Waals surface area contributed by atoms with Crippen LogP contribution in [0.15, 0.2) is 55.5 Å². The fourth-order valence-electron chi connectivity index (χ4n) is 3.76. The summed E-state index contributed by atoms with van der Waals surface area (Å²) in [6.45, 7) is 4.79. The lowest BCUT2D eigenvalue weighted by atomic mass is 10.2. The first-order valence-corrected chi connectivity index (χ1v) is 13.2. The summed E-state index contributed by atoms with van der Waals surface area (Å²) in [6, 6.07) is 4.13. The van der Waals surface area contributed by atoms with Crippen molar-refractivity contribution in [2.24, 2.45) is 7.05 Å². The summed E-state index contributed by atoms with van der Waals surface area (Å²) < 4.78 is 99.1. The van der Waals surface area contributed by atoms with E-state index in [-0.39, 0.29) is 0 Å². The maximum absolute atomic E-state index is 10.6. The van der Waals surface area contributed by atoms with E-state index in [2.05, 4.69) is 40.3 Å². The molecule has 0 radical (unpaired) electrons. The number of aryl methyl sites for hydroxylation is 1. The summed E-state index contributed by atoms with van der Waals surface area (Å²) in [5.74, 6) is -7.33. The number of hydrogen-bond acceptors (Lipinski definition) is 9. The molecule has 0 aromatic carbocycles. The Labute approximate surface area is 268 Å². The Kier molecular flexibility index (Phi) is 13.4. The molecule has 0 unspecified atom stereocenters. The molecular formula is C26H25F9N8O6. The largest absolute Gasteiger partial charge is 0.490 e. The van der Waals surface area contributed by atoms with Crippen molar-refractivity contribution < 1.29 is 69.2 Å². The fourth-order valence-corrected chi connectivity index (χ4v) is 3.76. The van der Waals surface area contributed by atoms with Crippen LogP contribution in [0.25, 0.3) is 16.9 Å². The maximum atomic E-state index is 10.6. The molecule has 268 valence electrons. The number of carboxylic acid groups (broad SMARTS) is 3. The Morgan fingerprint density at radius 3 is 1.73 bits per heavy atom. The van der Waals surface area contributed by atoms with Crippen LogP contribution in [0.1, 0.15) is 5.56 Å². The Bertz CT molecular complexity index is 1630. The van der Waals surface area contributed by atoms with Gasteiger partial charge >= 0.3 is 36.4 Å². The van der Waals surface area contributed by atoms with Gasteiger partial charge in [-0.15, -0.1) is 0 Å². The number of aromatic nitrogens is 6. The zero-order valence-electron chi connectivity index (χ0n) is 24.8. The van der Waals surface area contributed by atoms with Crippen LogP contribution in [0.2, 0.25) is 0 Å². The SMILES string of the molecule is Cn1cc(-c2cnc3c(N4CCN(Cc5cccnc5)CC4)nccn23)cn1.O=C(O)C(F)(F)F.O=C(O)C(F)(F)F.O=C(O)C(F)(F)F. The highest BCUT2D eigenvalue weighted by Gasteiger charge is 2.39. The van der Waals surface area contributed by atoms with Gasteiger partial charge in [-0.1, -0.05) is 6.07 Å². The minimum absolute atomic E-state index is 0.891. The molecule has 4 aromatic heterocycles. The minimum Gasteiger partial charge on any atom is -0.475 e. The molecule has 3 N–H and O–H groups in total. The number of hydrogen-bond donors (Lipinski definition) is 3. The topological polar surface area (TPSA) is 179 Å². The van der Waals surface area contributed by atoms with Crippen molar-refractivity contribution >= 4 is 29.4 Å². The summed E-state index contributed by atoms with van der Waals surface area (Å²) in [5, 5.41) is 25.6. The van der Waals surface area contributed by atoms with Crippen molar-refractivity contribution in [1.29, 1.82) is 0 Å². The Morgan fingerprint density at radius 1 is 0.776 bits per heavy atom. The Hall–Kier alpha value is -5.48. The number of carbonyl (C=O) groups is 3. The molecule has 0 bridgehead atoms. The number of carboxylic acids is 3. The van der Waals surface area contributed by atoms with Crippen LogP contribution in [0.5, 0.6) is 0 Å². The molecule has 4 aromatic rings. The number of anilines is 1. The summed E-state index contributed by atoms with van der Waals surface area (Å²) in [6.07, 6.45) is -1.91. The molecule has 1 fully saturated rings. The molecule has 0 aliphatic carbocycles. The fraction of sp³-hybridized carbons (Fsp3) is 0.346. The van der Waals surface area contributed by atoms with E-state index in [4.69, 9.17) is 29.7 Å². The molecule has 23 heteroatoms. The minimum atomic E-state index is -5.08. The molecule has 0 spiro atoms. The number of pyridine rings is 1. The lowest BCUT2D eigenvalue weighted by Crippen LogP contribution is -2.46. The van der Waals surface area contributed by atoms with Gasteiger partial charge in [-0.2, -0.15) is 44.6 Å². The van der Waals surface area contributed by atoms with E-state index >= 15 is 0 Å². The highest BCUT2D eigenvalue weighted by atomic mass is 19.4. The number of rotatable bonds is 4. The third-order valence-electron chi connectivity index (χ3n) is 5.94. The van der Waals surface area contributed by atoms with Gasteiger partial charge in [-0.25, -0.2) is 24.4 Å². The van der Waals surface area contributed by atoms with Gasteiger partial charge in [0, 0.05) is 76.3 Å². The summed E-state index contributed by atoms with van der Waals surface area (Å²) in [5.41, 5.74) is 4.23. The van der Waals surface area contributed by atoms with Gasteiger partial charge in [0.25, 0.3) is 0 Å². The van der Waals surface area contributed by atoms with Gasteiger partial charge in [0.15, 0.2) is 11.5 Å². The average molecular weight is 717 g/mol. The summed E-state index contributed by atoms with van der Waals surface area (Å²) in [7, 11) is 1.92. The van der Waals surface area contributed by atoms with Crippen molar-refractivity contribution in [2.45, 2.75) is 25.1 Å². The number of nitrogens with zero attached hydrogens (tertiary/aromatic N) is 8. The van der Waals surface area contributed by atoms with E-state index in [0.717, 1.165) is 55.4 Å². The normalized spacial score (nSPS) is 13.6. The molecule has 14 nitrogen and oxygen atoms in total. The van der Waals surface area contributed by atoms with E-state index in [0.29, 0.717) is 0 Å². The molecule has 1 saturated heterocycles. The van der Waals surface area contributed by atoms with Crippen LogP contribution in [0.4, 0.5) is 45.3 Å². The predicted octanol–water partition coefficient (Wildman–Crippen LogP) is 3.75. The highest BCUT2D eigenvalue weighted by Crippen LogP contribution is 2.25. The molecule has 1 aliphatic rings. The second kappa shape index (κ2) is 16.6. The average Bonchev–Trinajstić information content (AvgIpc) is 3.63. The third kappa shape index (κ3) is 12.6. The van der Waals surface area contributed by atoms with Crippen LogP contribution in [-0.4, -0.2) is 112 Å². The second-order valence-corrected chi connectivity index (χ2v) is 9.52. The zero-order valence-corrected chi connectivity index (χ0v) is 24.8. The van der Waals surface area contributed by atoms with Crippen LogP contribution in [0, 0.1) is 0 Å². The maximum Gasteiger partial charge on any atom is 0.490 e. The molecule has 0 amide bonds. The zero-order chi connectivity index (χ0) is 37.2. The number of imidazole rings is 1. The second-order valence-electron chi connectivity index (χ2n) is 9.52. The third-order valence-corrected chi connectivity index (χ3v) is 5.94. The smallest absolute Gasteiger partial charge is 0.475 e. The number of fused-ring (bicyclic) bond motifs is 1. The Morgan fingerprint density at radius 2 is 1.31 bits per heavy atom. The Balaban J connectivity index is 0.000000325. The number of piperazine rings is 1. The van der Waals surface area contributed by atoms with Crippen molar-refractivity contribution in [1.82, 2.24) is 34.0 Å². The molecule has 5 heterocycles. The lowest BCUT2D eigenvalue weighted by molar-refractivity contribution is -0.193. The van der Waals surface area contributed by atoms with E-state index < -0.39 is 36.4 Å². The summed E-state index contributed by atoms with van der Waals surface area (Å²) >= 11 is 0. The lowest BCUT2D eigenvalue weighted by Gasteiger charge is -2.35. The predicted molar refractivity (Wildman–Crippen MR) is 148 cm³/mol. The number of alkyl halides is 9. The van der Waals surface area contributed by atoms with Crippen molar-refractivity contribution in [3.05, 3.63) is 61.1 Å². The quantitative estimate of drug-likeness (QED) is 0.261. The molecular weight excluding hydrogens is 691 g/mol. The van der Waals surface area contributed by atoms with E-state index in [1.165, 1.54) is 5.56 Å². The molecule has 1 aliphatic heterocycles.